The minimum Gasteiger partial charge on any atom is -0.0792 e. The minimum atomic E-state index is -0.437. The second kappa shape index (κ2) is 17.6. The van der Waals surface area contributed by atoms with Crippen LogP contribution in [0.1, 0.15) is 160 Å². The number of hydrogen-bond acceptors (Lipinski definition) is 0. The van der Waals surface area contributed by atoms with Crippen molar-refractivity contribution < 1.29 is 0 Å². The Labute approximate surface area is 385 Å². The van der Waals surface area contributed by atoms with Gasteiger partial charge < -0.3 is 0 Å². The Morgan fingerprint density at radius 1 is 0.547 bits per heavy atom. The van der Waals surface area contributed by atoms with Crippen LogP contribution in [0.2, 0.25) is 0 Å². The second-order valence-electron chi connectivity index (χ2n) is 20.8. The Kier molecular flexibility index (Phi) is 11.8. The Morgan fingerprint density at radius 2 is 1.22 bits per heavy atom. The van der Waals surface area contributed by atoms with Gasteiger partial charge in [0.15, 0.2) is 0 Å². The molecule has 4 aliphatic carbocycles. The van der Waals surface area contributed by atoms with E-state index >= 15 is 0 Å². The maximum absolute atomic E-state index is 2.73. The molecule has 6 aromatic carbocycles. The molecule has 2 saturated carbocycles. The molecule has 10 rings (SSSR count). The largest absolute Gasteiger partial charge is 0.0792 e. The molecule has 0 radical (unpaired) electrons. The third-order valence-electron chi connectivity index (χ3n) is 16.7. The van der Waals surface area contributed by atoms with E-state index in [0.29, 0.717) is 5.92 Å². The van der Waals surface area contributed by atoms with Gasteiger partial charge in [0.2, 0.25) is 0 Å². The van der Waals surface area contributed by atoms with Gasteiger partial charge in [-0.25, -0.2) is 0 Å². The summed E-state index contributed by atoms with van der Waals surface area (Å²) in [6, 6.07) is 45.5. The summed E-state index contributed by atoms with van der Waals surface area (Å²) < 4.78 is 0. The highest BCUT2D eigenvalue weighted by Crippen LogP contribution is 2.68. The first-order chi connectivity index (χ1) is 31.2. The monoisotopic (exact) mass is 839 g/mol. The molecule has 0 heteroatoms. The van der Waals surface area contributed by atoms with Crippen LogP contribution < -0.4 is 0 Å². The van der Waals surface area contributed by atoms with Crippen molar-refractivity contribution in [3.8, 4) is 0 Å². The summed E-state index contributed by atoms with van der Waals surface area (Å²) in [4.78, 5) is 0. The fraction of sp³-hybridized carbons (Fsp3) is 0.375. The molecule has 0 aliphatic heterocycles. The molecule has 0 spiro atoms. The molecule has 2 atom stereocenters. The van der Waals surface area contributed by atoms with Gasteiger partial charge in [0.25, 0.3) is 0 Å². The van der Waals surface area contributed by atoms with Gasteiger partial charge in [-0.2, -0.15) is 0 Å². The number of rotatable bonds is 8. The lowest BCUT2D eigenvalue weighted by molar-refractivity contribution is 0.190. The summed E-state index contributed by atoms with van der Waals surface area (Å²) in [6.07, 6.45) is 26.3. The first-order valence-corrected chi connectivity index (χ1v) is 25.3. The van der Waals surface area contributed by atoms with Crippen LogP contribution in [0.25, 0.3) is 43.8 Å². The van der Waals surface area contributed by atoms with Crippen LogP contribution in [-0.2, 0) is 0 Å². The van der Waals surface area contributed by atoms with Crippen molar-refractivity contribution in [2.45, 2.75) is 137 Å². The van der Waals surface area contributed by atoms with Crippen LogP contribution >= 0.6 is 0 Å². The van der Waals surface area contributed by atoms with Crippen molar-refractivity contribution >= 4 is 43.8 Å². The van der Waals surface area contributed by atoms with Crippen molar-refractivity contribution in [1.82, 2.24) is 0 Å². The summed E-state index contributed by atoms with van der Waals surface area (Å²) in [5, 5.41) is 5.40. The predicted molar refractivity (Wildman–Crippen MR) is 278 cm³/mol. The molecule has 0 heterocycles. The third kappa shape index (κ3) is 7.48. The molecule has 0 nitrogen and oxygen atoms in total. The van der Waals surface area contributed by atoms with Gasteiger partial charge in [0.05, 0.1) is 0 Å². The van der Waals surface area contributed by atoms with Crippen molar-refractivity contribution in [3.05, 3.63) is 189 Å². The molecule has 6 aromatic rings. The Morgan fingerprint density at radius 3 is 1.95 bits per heavy atom. The van der Waals surface area contributed by atoms with Gasteiger partial charge in [-0.1, -0.05) is 210 Å². The lowest BCUT2D eigenvalue weighted by Gasteiger charge is -2.43. The molecule has 0 aromatic heterocycles. The molecule has 4 aliphatic rings. The van der Waals surface area contributed by atoms with Gasteiger partial charge in [-0.3, -0.25) is 0 Å². The number of aryl methyl sites for hydroxylation is 4. The molecular weight excluding hydrogens is 769 g/mol. The lowest BCUT2D eigenvalue weighted by atomic mass is 9.59. The standard InChI is InChI=1S/C64H70/c1-7-64(53-36-38-63(6,39-37-53)52-25-17-12-18-26-52)61(54-35-29-43(2)40-46(54)5)59(50-22-15-11-16-23-50)60(62(64)58-45(4)30-32-49-31-28-44(3)41-57(49)58)55-27-19-24-48-33-34-51(42-56(48)55)47-20-13-9-8-10-14-21-47/h11,15-16,19,22-24,27-38,40-42,47,52H,7-10,12-14,17-18,20-21,25-26,39H2,1-6H3. The van der Waals surface area contributed by atoms with E-state index in [-0.39, 0.29) is 5.41 Å². The van der Waals surface area contributed by atoms with Gasteiger partial charge >= 0.3 is 0 Å². The summed E-state index contributed by atoms with van der Waals surface area (Å²) in [7, 11) is 0. The van der Waals surface area contributed by atoms with E-state index in [9.17, 15) is 0 Å². The smallest absolute Gasteiger partial charge is 0.0470 e. The molecule has 2 unspecified atom stereocenters. The molecule has 0 bridgehead atoms. The van der Waals surface area contributed by atoms with Crippen LogP contribution in [0.15, 0.2) is 139 Å². The van der Waals surface area contributed by atoms with Gasteiger partial charge in [-0.05, 0) is 172 Å². The number of fused-ring (bicyclic) bond motifs is 2. The summed E-state index contributed by atoms with van der Waals surface area (Å²) >= 11 is 0. The first-order valence-electron chi connectivity index (χ1n) is 25.3. The van der Waals surface area contributed by atoms with Gasteiger partial charge in [0, 0.05) is 5.41 Å². The number of hydrogen-bond donors (Lipinski definition) is 0. The Hall–Kier alpha value is -5.20. The lowest BCUT2D eigenvalue weighted by Crippen LogP contribution is -2.31. The van der Waals surface area contributed by atoms with Gasteiger partial charge in [0.1, 0.15) is 0 Å². The van der Waals surface area contributed by atoms with Crippen LogP contribution in [-0.4, -0.2) is 0 Å². The SMILES string of the molecule is CCC1(C2=CCC(C)(C3CCCCC3)C=C2)C(c2ccc(C)cc2C)=C(c2ccccc2)C(c2cccc3ccc(C4CCCCCCC4)cc23)=C1c1c(C)ccc2ccc(C)cc12. The van der Waals surface area contributed by atoms with E-state index < -0.39 is 5.41 Å². The van der Waals surface area contributed by atoms with Crippen LogP contribution in [0.5, 0.6) is 0 Å². The first kappa shape index (κ1) is 42.7. The number of benzene rings is 6. The summed E-state index contributed by atoms with van der Waals surface area (Å²) in [6.45, 7) is 14.4. The number of allylic oxidation sites excluding steroid dienone is 8. The highest BCUT2D eigenvalue weighted by molar-refractivity contribution is 6.33. The summed E-state index contributed by atoms with van der Waals surface area (Å²) in [5.41, 5.74) is 19.3. The van der Waals surface area contributed by atoms with Crippen molar-refractivity contribution in [2.75, 3.05) is 0 Å². The van der Waals surface area contributed by atoms with Crippen molar-refractivity contribution in [2.24, 2.45) is 16.7 Å². The van der Waals surface area contributed by atoms with E-state index in [2.05, 4.69) is 175 Å². The van der Waals surface area contributed by atoms with E-state index in [4.69, 9.17) is 0 Å². The highest BCUT2D eigenvalue weighted by Gasteiger charge is 2.51. The predicted octanol–water partition coefficient (Wildman–Crippen LogP) is 18.5. The van der Waals surface area contributed by atoms with Crippen LogP contribution in [0.3, 0.4) is 0 Å². The molecule has 0 N–H and O–H groups in total. The molecule has 0 saturated heterocycles. The molecule has 0 amide bonds. The second-order valence-corrected chi connectivity index (χ2v) is 20.8. The topological polar surface area (TPSA) is 0 Å². The van der Waals surface area contributed by atoms with E-state index in [1.54, 1.807) is 0 Å². The Balaban J connectivity index is 1.36. The minimum absolute atomic E-state index is 0.172. The fourth-order valence-corrected chi connectivity index (χ4v) is 13.2. The molecule has 64 heavy (non-hydrogen) atoms. The fourth-order valence-electron chi connectivity index (χ4n) is 13.2. The van der Waals surface area contributed by atoms with Crippen molar-refractivity contribution in [3.63, 3.8) is 0 Å². The Bertz CT molecular complexity index is 2840. The zero-order chi connectivity index (χ0) is 44.0. The van der Waals surface area contributed by atoms with Gasteiger partial charge in [-0.15, -0.1) is 0 Å². The highest BCUT2D eigenvalue weighted by atomic mass is 14.5. The molecular formula is C64H70. The van der Waals surface area contributed by atoms with E-state index in [1.165, 1.54) is 177 Å². The zero-order valence-electron chi connectivity index (χ0n) is 39.8. The molecule has 326 valence electrons. The third-order valence-corrected chi connectivity index (χ3v) is 16.7. The van der Waals surface area contributed by atoms with Crippen molar-refractivity contribution in [1.29, 1.82) is 0 Å². The average Bonchev–Trinajstić information content (AvgIpc) is 3.60. The normalized spacial score (nSPS) is 22.6. The van der Waals surface area contributed by atoms with E-state index in [1.807, 2.05) is 0 Å². The van der Waals surface area contributed by atoms with Crippen LogP contribution in [0, 0.1) is 44.4 Å². The quantitative estimate of drug-likeness (QED) is 0.143. The zero-order valence-corrected chi connectivity index (χ0v) is 39.8. The molecule has 2 fully saturated rings. The maximum Gasteiger partial charge on any atom is 0.0470 e. The van der Waals surface area contributed by atoms with Crippen LogP contribution in [0.4, 0.5) is 0 Å². The summed E-state index contributed by atoms with van der Waals surface area (Å²) in [5.74, 6) is 1.35. The average molecular weight is 839 g/mol. The maximum atomic E-state index is 2.73. The van der Waals surface area contributed by atoms with E-state index in [0.717, 1.165) is 18.8 Å².